The van der Waals surface area contributed by atoms with E-state index >= 15 is 0 Å². The van der Waals surface area contributed by atoms with Gasteiger partial charge in [0, 0.05) is 31.7 Å². The van der Waals surface area contributed by atoms with Gasteiger partial charge in [0.2, 0.25) is 0 Å². The van der Waals surface area contributed by atoms with Gasteiger partial charge in [0.05, 0.1) is 0 Å². The second-order valence-electron chi connectivity index (χ2n) is 7.54. The van der Waals surface area contributed by atoms with Crippen molar-refractivity contribution in [3.05, 3.63) is 0 Å². The average Bonchev–Trinajstić information content (AvgIpc) is 2.46. The maximum absolute atomic E-state index is 3.58. The zero-order valence-electron chi connectivity index (χ0n) is 11.9. The van der Waals surface area contributed by atoms with Crippen LogP contribution in [0.4, 0.5) is 0 Å². The van der Waals surface area contributed by atoms with Crippen LogP contribution in [0.5, 0.6) is 0 Å². The minimum Gasteiger partial charge on any atom is -0.309 e. The summed E-state index contributed by atoms with van der Waals surface area (Å²) >= 11 is 0. The molecule has 2 aliphatic rings. The van der Waals surface area contributed by atoms with Gasteiger partial charge in [-0.25, -0.2) is 0 Å². The van der Waals surface area contributed by atoms with E-state index in [1.807, 2.05) is 0 Å². The second-order valence-corrected chi connectivity index (χ2v) is 7.54. The Bertz CT molecular complexity index is 264. The van der Waals surface area contributed by atoms with E-state index in [2.05, 4.69) is 51.8 Å². The maximum Gasteiger partial charge on any atom is 0.0252 e. The Balaban J connectivity index is 1.92. The summed E-state index contributed by atoms with van der Waals surface area (Å²) in [6.07, 6.45) is 0. The van der Waals surface area contributed by atoms with Gasteiger partial charge in [0.25, 0.3) is 0 Å². The Morgan fingerprint density at radius 2 is 1.62 bits per heavy atom. The first-order valence-corrected chi connectivity index (χ1v) is 6.64. The van der Waals surface area contributed by atoms with Crippen LogP contribution in [-0.2, 0) is 0 Å². The molecular formula is C14H28N2. The molecule has 0 aromatic carbocycles. The van der Waals surface area contributed by atoms with Crippen LogP contribution in [0.1, 0.15) is 41.5 Å². The minimum atomic E-state index is 0.293. The summed E-state index contributed by atoms with van der Waals surface area (Å²) in [5.74, 6) is 0.869. The van der Waals surface area contributed by atoms with E-state index in [4.69, 9.17) is 0 Å². The number of hydrogen-bond donors (Lipinski definition) is 1. The second kappa shape index (κ2) is 3.46. The van der Waals surface area contributed by atoms with E-state index in [9.17, 15) is 0 Å². The summed E-state index contributed by atoms with van der Waals surface area (Å²) in [7, 11) is 0. The molecule has 94 valence electrons. The van der Waals surface area contributed by atoms with Crippen molar-refractivity contribution in [2.24, 2.45) is 16.7 Å². The van der Waals surface area contributed by atoms with Crippen molar-refractivity contribution in [3.8, 4) is 0 Å². The molecule has 1 aliphatic heterocycles. The molecule has 1 N–H and O–H groups in total. The standard InChI is InChI=1S/C14H28N2/c1-12(2)10-16(8-7-15-12)9-11-13(3,4)14(11,5)6/h11,15H,7-10H2,1-6H3. The molecule has 0 radical (unpaired) electrons. The third-order valence-corrected chi connectivity index (χ3v) is 5.41. The van der Waals surface area contributed by atoms with Crippen LogP contribution >= 0.6 is 0 Å². The van der Waals surface area contributed by atoms with E-state index in [1.165, 1.54) is 19.6 Å². The lowest BCUT2D eigenvalue weighted by Gasteiger charge is -2.39. The molecule has 0 atom stereocenters. The van der Waals surface area contributed by atoms with Crippen molar-refractivity contribution in [1.29, 1.82) is 0 Å². The van der Waals surface area contributed by atoms with Gasteiger partial charge in [-0.3, -0.25) is 4.90 Å². The van der Waals surface area contributed by atoms with E-state index in [1.54, 1.807) is 0 Å². The highest BCUT2D eigenvalue weighted by Crippen LogP contribution is 2.68. The summed E-state index contributed by atoms with van der Waals surface area (Å²) in [4.78, 5) is 2.65. The molecule has 0 aromatic rings. The molecule has 0 aromatic heterocycles. The van der Waals surface area contributed by atoms with E-state index in [-0.39, 0.29) is 0 Å². The van der Waals surface area contributed by atoms with Gasteiger partial charge in [-0.1, -0.05) is 27.7 Å². The topological polar surface area (TPSA) is 15.3 Å². The average molecular weight is 224 g/mol. The SMILES string of the molecule is CC1(C)CN(CC2C(C)(C)C2(C)C)CCN1. The summed E-state index contributed by atoms with van der Waals surface area (Å²) < 4.78 is 0. The number of piperazine rings is 1. The van der Waals surface area contributed by atoms with Crippen LogP contribution in [0.25, 0.3) is 0 Å². The first-order valence-electron chi connectivity index (χ1n) is 6.64. The Morgan fingerprint density at radius 1 is 1.06 bits per heavy atom. The quantitative estimate of drug-likeness (QED) is 0.774. The maximum atomic E-state index is 3.58. The molecule has 2 fully saturated rings. The zero-order chi connectivity index (χ0) is 12.2. The fraction of sp³-hybridized carbons (Fsp3) is 1.00. The fourth-order valence-corrected chi connectivity index (χ4v) is 3.45. The van der Waals surface area contributed by atoms with Crippen molar-refractivity contribution >= 4 is 0 Å². The zero-order valence-corrected chi connectivity index (χ0v) is 11.9. The van der Waals surface area contributed by atoms with Crippen LogP contribution in [0.2, 0.25) is 0 Å². The van der Waals surface area contributed by atoms with Gasteiger partial charge in [-0.15, -0.1) is 0 Å². The van der Waals surface area contributed by atoms with Crippen LogP contribution in [0.15, 0.2) is 0 Å². The Hall–Kier alpha value is -0.0800. The molecule has 0 unspecified atom stereocenters. The lowest BCUT2D eigenvalue weighted by molar-refractivity contribution is 0.142. The van der Waals surface area contributed by atoms with Crippen LogP contribution < -0.4 is 5.32 Å². The molecule has 1 heterocycles. The van der Waals surface area contributed by atoms with Gasteiger partial charge in [0.1, 0.15) is 0 Å². The van der Waals surface area contributed by atoms with Gasteiger partial charge < -0.3 is 5.32 Å². The predicted octanol–water partition coefficient (Wildman–Crippen LogP) is 2.35. The Kier molecular flexibility index (Phi) is 2.67. The highest BCUT2D eigenvalue weighted by molar-refractivity contribution is 5.13. The van der Waals surface area contributed by atoms with Gasteiger partial charge in [0.15, 0.2) is 0 Å². The molecule has 2 nitrogen and oxygen atoms in total. The van der Waals surface area contributed by atoms with Gasteiger partial charge in [-0.05, 0) is 30.6 Å². The summed E-state index contributed by atoms with van der Waals surface area (Å²) in [5.41, 5.74) is 1.35. The van der Waals surface area contributed by atoms with Crippen LogP contribution in [-0.4, -0.2) is 36.6 Å². The molecule has 2 rings (SSSR count). The fourth-order valence-electron chi connectivity index (χ4n) is 3.45. The minimum absolute atomic E-state index is 0.293. The molecule has 1 aliphatic carbocycles. The molecular weight excluding hydrogens is 196 g/mol. The highest BCUT2D eigenvalue weighted by atomic mass is 15.2. The number of rotatable bonds is 2. The lowest BCUT2D eigenvalue weighted by Crippen LogP contribution is -2.57. The van der Waals surface area contributed by atoms with Crippen LogP contribution in [0.3, 0.4) is 0 Å². The van der Waals surface area contributed by atoms with Crippen molar-refractivity contribution in [3.63, 3.8) is 0 Å². The van der Waals surface area contributed by atoms with E-state index in [0.717, 1.165) is 12.5 Å². The molecule has 0 spiro atoms. The first-order chi connectivity index (χ1) is 7.17. The van der Waals surface area contributed by atoms with Crippen LogP contribution in [0, 0.1) is 16.7 Å². The monoisotopic (exact) mass is 224 g/mol. The summed E-state index contributed by atoms with van der Waals surface area (Å²) in [6, 6.07) is 0. The number of hydrogen-bond acceptors (Lipinski definition) is 2. The molecule has 1 saturated carbocycles. The lowest BCUT2D eigenvalue weighted by atomic mass is 10.0. The molecule has 2 heteroatoms. The number of nitrogens with one attached hydrogen (secondary N) is 1. The van der Waals surface area contributed by atoms with Crippen molar-refractivity contribution in [1.82, 2.24) is 10.2 Å². The normalized spacial score (nSPS) is 32.6. The first kappa shape index (κ1) is 12.4. The highest BCUT2D eigenvalue weighted by Gasteiger charge is 2.64. The van der Waals surface area contributed by atoms with Gasteiger partial charge in [-0.2, -0.15) is 0 Å². The largest absolute Gasteiger partial charge is 0.309 e. The Morgan fingerprint density at radius 3 is 2.06 bits per heavy atom. The number of nitrogens with zero attached hydrogens (tertiary/aromatic N) is 1. The van der Waals surface area contributed by atoms with E-state index < -0.39 is 0 Å². The van der Waals surface area contributed by atoms with Crippen molar-refractivity contribution < 1.29 is 0 Å². The molecule has 1 saturated heterocycles. The van der Waals surface area contributed by atoms with Crippen molar-refractivity contribution in [2.45, 2.75) is 47.1 Å². The third-order valence-electron chi connectivity index (χ3n) is 5.41. The van der Waals surface area contributed by atoms with Crippen molar-refractivity contribution in [2.75, 3.05) is 26.2 Å². The molecule has 16 heavy (non-hydrogen) atoms. The molecule has 0 amide bonds. The third kappa shape index (κ3) is 1.91. The summed E-state index contributed by atoms with van der Waals surface area (Å²) in [5, 5.41) is 3.58. The summed E-state index contributed by atoms with van der Waals surface area (Å²) in [6.45, 7) is 19.1. The Labute approximate surface area is 101 Å². The predicted molar refractivity (Wildman–Crippen MR) is 69.6 cm³/mol. The van der Waals surface area contributed by atoms with Gasteiger partial charge >= 0.3 is 0 Å². The van der Waals surface area contributed by atoms with E-state index in [0.29, 0.717) is 16.4 Å². The molecule has 0 bridgehead atoms. The smallest absolute Gasteiger partial charge is 0.0252 e.